The van der Waals surface area contributed by atoms with E-state index in [2.05, 4.69) is 21.7 Å². The largest absolute Gasteiger partial charge is 0.492 e. The van der Waals surface area contributed by atoms with E-state index in [-0.39, 0.29) is 35.6 Å². The van der Waals surface area contributed by atoms with Gasteiger partial charge in [0.25, 0.3) is 0 Å². The molecule has 1 amide bonds. The number of hydrogen-bond acceptors (Lipinski definition) is 9. The molecule has 0 bridgehead atoms. The van der Waals surface area contributed by atoms with Crippen molar-refractivity contribution in [3.63, 3.8) is 0 Å². The molecule has 13 heteroatoms. The maximum absolute atomic E-state index is 13.5. The van der Waals surface area contributed by atoms with Crippen molar-refractivity contribution in [3.05, 3.63) is 82.8 Å². The van der Waals surface area contributed by atoms with Crippen LogP contribution in [0.15, 0.2) is 60.8 Å². The number of halogens is 2. The maximum Gasteiger partial charge on any atom is 0.224 e. The molecule has 1 fully saturated rings. The summed E-state index contributed by atoms with van der Waals surface area (Å²) in [5, 5.41) is 16.6. The lowest BCUT2D eigenvalue weighted by molar-refractivity contribution is -0.116. The minimum Gasteiger partial charge on any atom is -0.492 e. The number of pyridine rings is 1. The number of benzene rings is 3. The Morgan fingerprint density at radius 3 is 2.72 bits per heavy atom. The highest BCUT2D eigenvalue weighted by atomic mass is 35.5. The predicted molar refractivity (Wildman–Crippen MR) is 180 cm³/mol. The molecule has 0 saturated carbocycles. The summed E-state index contributed by atoms with van der Waals surface area (Å²) in [6.07, 6.45) is 4.07. The van der Waals surface area contributed by atoms with E-state index in [4.69, 9.17) is 21.1 Å². The van der Waals surface area contributed by atoms with Crippen LogP contribution in [0.2, 0.25) is 5.02 Å². The zero-order valence-electron chi connectivity index (χ0n) is 25.0. The van der Waals surface area contributed by atoms with Gasteiger partial charge in [0.2, 0.25) is 14.8 Å². The van der Waals surface area contributed by atoms with Crippen molar-refractivity contribution in [3.8, 4) is 17.6 Å². The number of nitrogens with one attached hydrogen (secondary N) is 2. The average Bonchev–Trinajstić information content (AvgIpc) is 3.37. The molecule has 1 unspecified atom stereocenters. The first-order chi connectivity index (χ1) is 22.2. The van der Waals surface area contributed by atoms with Crippen molar-refractivity contribution in [1.29, 1.82) is 5.26 Å². The fourth-order valence-electron chi connectivity index (χ4n) is 5.13. The lowest BCUT2D eigenvalue weighted by atomic mass is 10.1. The van der Waals surface area contributed by atoms with Crippen molar-refractivity contribution in [2.45, 2.75) is 50.9 Å². The minimum atomic E-state index is -3.08. The van der Waals surface area contributed by atoms with Crippen LogP contribution in [0.25, 0.3) is 10.9 Å². The summed E-state index contributed by atoms with van der Waals surface area (Å²) in [7, 11) is -2.07. The van der Waals surface area contributed by atoms with Gasteiger partial charge in [-0.3, -0.25) is 9.78 Å². The summed E-state index contributed by atoms with van der Waals surface area (Å²) >= 11 is 6.51. The van der Waals surface area contributed by atoms with Crippen molar-refractivity contribution in [1.82, 2.24) is 4.98 Å². The summed E-state index contributed by atoms with van der Waals surface area (Å²) in [4.78, 5) is 17.4. The monoisotopic (exact) mass is 682 g/mol. The lowest BCUT2D eigenvalue weighted by Crippen LogP contribution is -2.14. The number of carbonyl (C=O) groups excluding carboxylic acids is 1. The number of aromatic nitrogens is 1. The Balaban J connectivity index is 1.33. The third kappa shape index (κ3) is 8.20. The van der Waals surface area contributed by atoms with Crippen LogP contribution >= 0.6 is 22.4 Å². The Bertz CT molecular complexity index is 1900. The van der Waals surface area contributed by atoms with E-state index in [0.717, 1.165) is 10.8 Å². The smallest absolute Gasteiger partial charge is 0.224 e. The normalized spacial score (nSPS) is 15.3. The molecule has 5 rings (SSSR count). The van der Waals surface area contributed by atoms with Crippen LogP contribution < -0.4 is 20.1 Å². The highest BCUT2D eigenvalue weighted by Crippen LogP contribution is 2.38. The SMILES string of the molecule is CCOc1cc2ncc(C#N)c(Nc3ccc(OCc4cccc(F)c4)c(Cl)c3)c2cc1NC(=O)CCCCC1CCSS1(=O)=O. The first-order valence-corrected chi connectivity index (χ1v) is 18.2. The summed E-state index contributed by atoms with van der Waals surface area (Å²) < 4.78 is 49.2. The van der Waals surface area contributed by atoms with Crippen LogP contribution in [-0.2, 0) is 20.3 Å². The van der Waals surface area contributed by atoms with Crippen LogP contribution in [0, 0.1) is 17.1 Å². The Kier molecular flexibility index (Phi) is 10.9. The van der Waals surface area contributed by atoms with E-state index in [1.807, 2.05) is 6.92 Å². The molecule has 1 aliphatic rings. The van der Waals surface area contributed by atoms with Gasteiger partial charge in [-0.05, 0) is 78.9 Å². The second-order valence-electron chi connectivity index (χ2n) is 10.7. The molecule has 1 saturated heterocycles. The Labute approximate surface area is 275 Å². The number of rotatable bonds is 13. The molecule has 2 N–H and O–H groups in total. The van der Waals surface area contributed by atoms with Crippen molar-refractivity contribution in [2.24, 2.45) is 0 Å². The van der Waals surface area contributed by atoms with Crippen LogP contribution in [0.1, 0.15) is 50.2 Å². The molecule has 0 aliphatic carbocycles. The molecule has 3 aromatic carbocycles. The van der Waals surface area contributed by atoms with E-state index >= 15 is 0 Å². The number of anilines is 3. The highest BCUT2D eigenvalue weighted by molar-refractivity contribution is 8.72. The number of nitriles is 1. The third-order valence-electron chi connectivity index (χ3n) is 7.42. The van der Waals surface area contributed by atoms with Gasteiger partial charge in [0.05, 0.1) is 39.3 Å². The molecule has 240 valence electrons. The number of carbonyl (C=O) groups is 1. The predicted octanol–water partition coefficient (Wildman–Crippen LogP) is 7.95. The molecule has 46 heavy (non-hydrogen) atoms. The zero-order valence-corrected chi connectivity index (χ0v) is 27.4. The minimum absolute atomic E-state index is 0.135. The summed E-state index contributed by atoms with van der Waals surface area (Å²) in [6.45, 7) is 2.32. The molecule has 0 spiro atoms. The van der Waals surface area contributed by atoms with E-state index in [1.54, 1.807) is 42.5 Å². The van der Waals surface area contributed by atoms with E-state index < -0.39 is 8.87 Å². The molecule has 4 aromatic rings. The van der Waals surface area contributed by atoms with Crippen molar-refractivity contribution >= 4 is 65.1 Å². The Hall–Kier alpha value is -4.05. The first kappa shape index (κ1) is 33.3. The topological polar surface area (TPSA) is 130 Å². The zero-order chi connectivity index (χ0) is 32.7. The summed E-state index contributed by atoms with van der Waals surface area (Å²) in [5.74, 6) is 0.882. The standard InChI is InChI=1S/C33H32ClFN4O5S2/c1-2-43-31-17-28-26(16-29(31)39-32(40)9-4-3-8-25-12-13-45-46(25,41)42)33(22(18-36)19-37-28)38-24-10-11-30(27(34)15-24)44-20-21-6-5-7-23(35)14-21/h5-7,10-11,14-17,19,25H,2-4,8-9,12-13,20H2,1H3,(H,37,38)(H,39,40). The molecule has 1 aromatic heterocycles. The lowest BCUT2D eigenvalue weighted by Gasteiger charge is -2.17. The third-order valence-corrected chi connectivity index (χ3v) is 12.0. The van der Waals surface area contributed by atoms with Gasteiger partial charge in [0.15, 0.2) is 0 Å². The first-order valence-electron chi connectivity index (χ1n) is 14.8. The summed E-state index contributed by atoms with van der Waals surface area (Å²) in [5.41, 5.74) is 2.94. The van der Waals surface area contributed by atoms with E-state index in [9.17, 15) is 22.9 Å². The fraction of sp³-hybridized carbons (Fsp3) is 0.303. The molecule has 1 atom stereocenters. The second kappa shape index (κ2) is 15.0. The molecule has 9 nitrogen and oxygen atoms in total. The van der Waals surface area contributed by atoms with Crippen LogP contribution in [-0.4, -0.2) is 36.9 Å². The summed E-state index contributed by atoms with van der Waals surface area (Å²) in [6, 6.07) is 16.8. The quantitative estimate of drug-likeness (QED) is 0.107. The average molecular weight is 683 g/mol. The van der Waals surface area contributed by atoms with Gasteiger partial charge in [0, 0.05) is 35.5 Å². The Morgan fingerprint density at radius 2 is 2.00 bits per heavy atom. The van der Waals surface area contributed by atoms with Crippen LogP contribution in [0.5, 0.6) is 11.5 Å². The van der Waals surface area contributed by atoms with Gasteiger partial charge >= 0.3 is 0 Å². The van der Waals surface area contributed by atoms with Crippen LogP contribution in [0.4, 0.5) is 21.5 Å². The number of fused-ring (bicyclic) bond motifs is 1. The van der Waals surface area contributed by atoms with Gasteiger partial charge in [-0.2, -0.15) is 5.26 Å². The second-order valence-corrected chi connectivity index (χ2v) is 15.5. The van der Waals surface area contributed by atoms with Crippen molar-refractivity contribution < 1.29 is 27.1 Å². The van der Waals surface area contributed by atoms with E-state index in [1.165, 1.54) is 18.3 Å². The van der Waals surface area contributed by atoms with Gasteiger partial charge in [-0.15, -0.1) is 0 Å². The van der Waals surface area contributed by atoms with Gasteiger partial charge in [-0.25, -0.2) is 12.8 Å². The van der Waals surface area contributed by atoms with Crippen LogP contribution in [0.3, 0.4) is 0 Å². The van der Waals surface area contributed by atoms with Gasteiger partial charge < -0.3 is 20.1 Å². The molecule has 0 radical (unpaired) electrons. The van der Waals surface area contributed by atoms with Crippen molar-refractivity contribution in [2.75, 3.05) is 23.0 Å². The van der Waals surface area contributed by atoms with Gasteiger partial charge in [0.1, 0.15) is 30.0 Å². The molecule has 2 heterocycles. The van der Waals surface area contributed by atoms with E-state index in [0.29, 0.717) is 88.1 Å². The molecular formula is C33H32ClFN4O5S2. The molecular weight excluding hydrogens is 651 g/mol. The number of nitrogens with zero attached hydrogens (tertiary/aromatic N) is 2. The fourth-order valence-corrected chi connectivity index (χ4v) is 9.33. The number of hydrogen-bond donors (Lipinski definition) is 2. The van der Waals surface area contributed by atoms with Gasteiger partial charge in [-0.1, -0.05) is 30.2 Å². The number of ether oxygens (including phenoxy) is 2. The number of unbranched alkanes of at least 4 members (excludes halogenated alkanes) is 1. The highest BCUT2D eigenvalue weighted by Gasteiger charge is 2.31. The molecule has 1 aliphatic heterocycles. The maximum atomic E-state index is 13.5. The Morgan fingerprint density at radius 1 is 1.15 bits per heavy atom. The number of amides is 1.